The minimum absolute atomic E-state index is 0.602. The van der Waals surface area contributed by atoms with Crippen molar-refractivity contribution in [2.45, 2.75) is 13.2 Å². The third-order valence-corrected chi connectivity index (χ3v) is 3.05. The van der Waals surface area contributed by atoms with Crippen LogP contribution in [-0.4, -0.2) is 33.5 Å². The second-order valence-corrected chi connectivity index (χ2v) is 4.48. The van der Waals surface area contributed by atoms with Gasteiger partial charge in [0, 0.05) is 23.4 Å². The molecule has 16 heavy (non-hydrogen) atoms. The van der Waals surface area contributed by atoms with Crippen LogP contribution in [0.2, 0.25) is 0 Å². The lowest BCUT2D eigenvalue weighted by Gasteiger charge is -2.04. The third kappa shape index (κ3) is 5.58. The largest absolute Gasteiger partial charge is 0.382 e. The molecule has 5 heteroatoms. The van der Waals surface area contributed by atoms with E-state index in [4.69, 9.17) is 19.9 Å². The van der Waals surface area contributed by atoms with E-state index in [1.165, 1.54) is 9.75 Å². The highest BCUT2D eigenvalue weighted by Gasteiger charge is 1.98. The molecule has 0 aromatic carbocycles. The van der Waals surface area contributed by atoms with Crippen molar-refractivity contribution >= 4 is 11.3 Å². The van der Waals surface area contributed by atoms with Gasteiger partial charge >= 0.3 is 0 Å². The molecule has 1 aromatic heterocycles. The van der Waals surface area contributed by atoms with Crippen LogP contribution in [0.4, 0.5) is 0 Å². The number of nitrogens with two attached hydrogens (primary N) is 1. The molecule has 0 fully saturated rings. The molecule has 1 heterocycles. The number of rotatable bonds is 9. The highest BCUT2D eigenvalue weighted by Crippen LogP contribution is 2.16. The second kappa shape index (κ2) is 8.66. The average Bonchev–Trinajstić information content (AvgIpc) is 2.76. The highest BCUT2D eigenvalue weighted by molar-refractivity contribution is 7.11. The Morgan fingerprint density at radius 1 is 1.06 bits per heavy atom. The molecule has 0 radical (unpaired) electrons. The number of methoxy groups -OCH3 is 1. The highest BCUT2D eigenvalue weighted by atomic mass is 32.1. The van der Waals surface area contributed by atoms with Crippen molar-refractivity contribution in [3.8, 4) is 0 Å². The van der Waals surface area contributed by atoms with Crippen molar-refractivity contribution in [1.82, 2.24) is 0 Å². The quantitative estimate of drug-likeness (QED) is 0.668. The van der Waals surface area contributed by atoms with Gasteiger partial charge in [0.25, 0.3) is 0 Å². The maximum absolute atomic E-state index is 5.52. The fraction of sp³-hybridized carbons (Fsp3) is 0.636. The van der Waals surface area contributed by atoms with Crippen LogP contribution in [0.5, 0.6) is 0 Å². The lowest BCUT2D eigenvalue weighted by atomic mass is 10.4. The summed E-state index contributed by atoms with van der Waals surface area (Å²) in [6.45, 7) is 3.71. The van der Waals surface area contributed by atoms with Crippen LogP contribution in [-0.2, 0) is 27.4 Å². The van der Waals surface area contributed by atoms with Crippen LogP contribution in [0.1, 0.15) is 9.75 Å². The van der Waals surface area contributed by atoms with Crippen molar-refractivity contribution in [3.63, 3.8) is 0 Å². The van der Waals surface area contributed by atoms with Crippen molar-refractivity contribution in [1.29, 1.82) is 0 Å². The topological polar surface area (TPSA) is 53.7 Å². The van der Waals surface area contributed by atoms with Crippen molar-refractivity contribution in [2.24, 2.45) is 5.73 Å². The Kier molecular flexibility index (Phi) is 7.37. The van der Waals surface area contributed by atoms with Gasteiger partial charge in [0.1, 0.15) is 0 Å². The van der Waals surface area contributed by atoms with Gasteiger partial charge in [-0.25, -0.2) is 0 Å². The Morgan fingerprint density at radius 3 is 2.44 bits per heavy atom. The Bertz CT molecular complexity index is 278. The molecule has 2 N–H and O–H groups in total. The van der Waals surface area contributed by atoms with Crippen LogP contribution in [0.3, 0.4) is 0 Å². The standard InChI is InChI=1S/C11H19NO3S/c1-13-4-5-14-6-7-15-9-11-3-2-10(8-12)16-11/h2-3H,4-9,12H2,1H3. The summed E-state index contributed by atoms with van der Waals surface area (Å²) in [6.07, 6.45) is 0. The third-order valence-electron chi connectivity index (χ3n) is 1.97. The molecule has 0 saturated carbocycles. The Morgan fingerprint density at radius 2 is 1.75 bits per heavy atom. The first-order valence-electron chi connectivity index (χ1n) is 5.29. The Hall–Kier alpha value is -0.460. The Labute approximate surface area is 100 Å². The molecule has 0 atom stereocenters. The number of hydrogen-bond donors (Lipinski definition) is 1. The van der Waals surface area contributed by atoms with Crippen LogP contribution in [0.15, 0.2) is 12.1 Å². The van der Waals surface area contributed by atoms with Gasteiger partial charge in [0.2, 0.25) is 0 Å². The zero-order valence-electron chi connectivity index (χ0n) is 9.61. The first-order chi connectivity index (χ1) is 7.86. The van der Waals surface area contributed by atoms with Crippen molar-refractivity contribution < 1.29 is 14.2 Å². The maximum Gasteiger partial charge on any atom is 0.0810 e. The predicted octanol–water partition coefficient (Wildman–Crippen LogP) is 1.39. The molecular weight excluding hydrogens is 226 g/mol. The molecule has 0 unspecified atom stereocenters. The van der Waals surface area contributed by atoms with E-state index in [0.717, 1.165) is 0 Å². The van der Waals surface area contributed by atoms with Gasteiger partial charge in [0.15, 0.2) is 0 Å². The van der Waals surface area contributed by atoms with E-state index in [0.29, 0.717) is 39.6 Å². The molecule has 0 saturated heterocycles. The predicted molar refractivity (Wildman–Crippen MR) is 64.6 cm³/mol. The minimum Gasteiger partial charge on any atom is -0.382 e. The molecule has 4 nitrogen and oxygen atoms in total. The molecule has 0 amide bonds. The van der Waals surface area contributed by atoms with Crippen molar-refractivity contribution in [3.05, 3.63) is 21.9 Å². The van der Waals surface area contributed by atoms with Gasteiger partial charge in [-0.3, -0.25) is 0 Å². The molecule has 0 bridgehead atoms. The normalized spacial score (nSPS) is 10.9. The van der Waals surface area contributed by atoms with Crippen LogP contribution >= 0.6 is 11.3 Å². The number of hydrogen-bond acceptors (Lipinski definition) is 5. The second-order valence-electron chi connectivity index (χ2n) is 3.23. The first-order valence-corrected chi connectivity index (χ1v) is 6.10. The van der Waals surface area contributed by atoms with E-state index in [1.54, 1.807) is 18.4 Å². The van der Waals surface area contributed by atoms with Crippen LogP contribution < -0.4 is 5.73 Å². The molecule has 92 valence electrons. The van der Waals surface area contributed by atoms with Crippen LogP contribution in [0, 0.1) is 0 Å². The summed E-state index contributed by atoms with van der Waals surface area (Å²) in [5.41, 5.74) is 5.52. The number of ether oxygens (including phenoxy) is 3. The molecule has 0 aliphatic carbocycles. The van der Waals surface area contributed by atoms with Gasteiger partial charge in [-0.15, -0.1) is 11.3 Å². The fourth-order valence-electron chi connectivity index (χ4n) is 1.14. The Balaban J connectivity index is 1.98. The van der Waals surface area contributed by atoms with Gasteiger partial charge in [0.05, 0.1) is 33.0 Å². The van der Waals surface area contributed by atoms with E-state index in [1.807, 2.05) is 6.07 Å². The summed E-state index contributed by atoms with van der Waals surface area (Å²) >= 11 is 1.69. The van der Waals surface area contributed by atoms with Gasteiger partial charge in [-0.05, 0) is 12.1 Å². The summed E-state index contributed by atoms with van der Waals surface area (Å²) < 4.78 is 15.6. The first kappa shape index (κ1) is 13.6. The number of thiophene rings is 1. The summed E-state index contributed by atoms with van der Waals surface area (Å²) in [7, 11) is 1.66. The smallest absolute Gasteiger partial charge is 0.0810 e. The molecule has 0 spiro atoms. The summed E-state index contributed by atoms with van der Waals surface area (Å²) in [5, 5.41) is 0. The summed E-state index contributed by atoms with van der Waals surface area (Å²) in [5.74, 6) is 0. The van der Waals surface area contributed by atoms with Crippen molar-refractivity contribution in [2.75, 3.05) is 33.5 Å². The van der Waals surface area contributed by atoms with Gasteiger partial charge in [-0.1, -0.05) is 0 Å². The lowest BCUT2D eigenvalue weighted by Crippen LogP contribution is -2.07. The molecule has 0 aliphatic rings. The molecule has 1 aromatic rings. The van der Waals surface area contributed by atoms with E-state index in [-0.39, 0.29) is 0 Å². The summed E-state index contributed by atoms with van der Waals surface area (Å²) in [6, 6.07) is 4.09. The van der Waals surface area contributed by atoms with Gasteiger partial charge < -0.3 is 19.9 Å². The SMILES string of the molecule is COCCOCCOCc1ccc(CN)s1. The average molecular weight is 245 g/mol. The fourth-order valence-corrected chi connectivity index (χ4v) is 1.98. The van der Waals surface area contributed by atoms with E-state index in [2.05, 4.69) is 6.07 Å². The molecular formula is C11H19NO3S. The van der Waals surface area contributed by atoms with Gasteiger partial charge in [-0.2, -0.15) is 0 Å². The maximum atomic E-state index is 5.52. The monoisotopic (exact) mass is 245 g/mol. The van der Waals surface area contributed by atoms with E-state index >= 15 is 0 Å². The van der Waals surface area contributed by atoms with Crippen LogP contribution in [0.25, 0.3) is 0 Å². The van der Waals surface area contributed by atoms with E-state index in [9.17, 15) is 0 Å². The zero-order chi connectivity index (χ0) is 11.6. The van der Waals surface area contributed by atoms with E-state index < -0.39 is 0 Å². The zero-order valence-corrected chi connectivity index (χ0v) is 10.4. The lowest BCUT2D eigenvalue weighted by molar-refractivity contribution is 0.0205. The molecule has 1 rings (SSSR count). The minimum atomic E-state index is 0.602. The molecule has 0 aliphatic heterocycles. The summed E-state index contributed by atoms with van der Waals surface area (Å²) in [4.78, 5) is 2.40.